The quantitative estimate of drug-likeness (QED) is 0.371. The predicted molar refractivity (Wildman–Crippen MR) is 152 cm³/mol. The van der Waals surface area contributed by atoms with E-state index in [0.29, 0.717) is 31.7 Å². The molecule has 2 atom stereocenters. The molecule has 4 N–H and O–H groups in total. The van der Waals surface area contributed by atoms with Crippen molar-refractivity contribution >= 4 is 45.9 Å². The first-order chi connectivity index (χ1) is 18.8. The van der Waals surface area contributed by atoms with E-state index in [0.717, 1.165) is 43.9 Å². The lowest BCUT2D eigenvalue weighted by atomic mass is 9.73. The predicted octanol–water partition coefficient (Wildman–Crippen LogP) is 3.35. The van der Waals surface area contributed by atoms with E-state index in [1.807, 2.05) is 12.1 Å². The summed E-state index contributed by atoms with van der Waals surface area (Å²) in [6.07, 6.45) is 8.69. The Morgan fingerprint density at radius 2 is 1.97 bits per heavy atom. The second-order valence-electron chi connectivity index (χ2n) is 10.2. The highest BCUT2D eigenvalue weighted by Crippen LogP contribution is 2.42. The van der Waals surface area contributed by atoms with Crippen LogP contribution < -0.4 is 21.9 Å². The maximum atomic E-state index is 13.3. The van der Waals surface area contributed by atoms with Crippen molar-refractivity contribution in [3.05, 3.63) is 70.1 Å². The molecule has 39 heavy (non-hydrogen) atoms. The van der Waals surface area contributed by atoms with E-state index in [1.54, 1.807) is 30.7 Å². The summed E-state index contributed by atoms with van der Waals surface area (Å²) in [5.41, 5.74) is 13.5. The second kappa shape index (κ2) is 10.4. The van der Waals surface area contributed by atoms with E-state index in [2.05, 4.69) is 31.8 Å². The smallest absolute Gasteiger partial charge is 0.263 e. The summed E-state index contributed by atoms with van der Waals surface area (Å²) in [7, 11) is 0. The number of nitrogens with zero attached hydrogens (tertiary/aromatic N) is 6. The molecule has 2 aliphatic heterocycles. The molecule has 0 aliphatic carbocycles. The molecule has 4 aromatic rings. The number of fused-ring (bicyclic) bond motifs is 1. The van der Waals surface area contributed by atoms with Crippen LogP contribution in [0.1, 0.15) is 25.3 Å². The number of benzene rings is 1. The van der Waals surface area contributed by atoms with E-state index in [-0.39, 0.29) is 29.7 Å². The maximum Gasteiger partial charge on any atom is 0.263 e. The van der Waals surface area contributed by atoms with Crippen molar-refractivity contribution in [1.29, 1.82) is 0 Å². The van der Waals surface area contributed by atoms with Crippen LogP contribution in [-0.4, -0.2) is 56.3 Å². The van der Waals surface area contributed by atoms with Crippen molar-refractivity contribution in [2.75, 3.05) is 30.3 Å². The molecule has 12 heteroatoms. The standard InChI is InChI=1S/C27H29ClN8O2S/c1-16-24(29)27(14-38-16)6-9-35(10-7-27)20-11-33-21(12-32-20)39-19-5-4-18-22(23(19)28)26(37)36(15-34-18)13-17-3-2-8-31-25(17)30/h2-5,8,11-12,15-16,24H,6-7,9-10,13-14,29H2,1H3,(H2,30,31)/t16-,24+/m0/s1. The lowest BCUT2D eigenvalue weighted by Crippen LogP contribution is -2.50. The average Bonchev–Trinajstić information content (AvgIpc) is 3.22. The highest BCUT2D eigenvalue weighted by Gasteiger charge is 2.47. The average molecular weight is 565 g/mol. The minimum Gasteiger partial charge on any atom is -0.383 e. The fourth-order valence-corrected chi connectivity index (χ4v) is 6.56. The number of hydrogen-bond donors (Lipinski definition) is 2. The van der Waals surface area contributed by atoms with Crippen LogP contribution in [0.4, 0.5) is 11.6 Å². The molecule has 6 rings (SSSR count). The molecule has 10 nitrogen and oxygen atoms in total. The molecule has 0 radical (unpaired) electrons. The van der Waals surface area contributed by atoms with Crippen LogP contribution in [0, 0.1) is 5.41 Å². The third kappa shape index (κ3) is 4.84. The largest absolute Gasteiger partial charge is 0.383 e. The molecule has 3 aromatic heterocycles. The first-order valence-electron chi connectivity index (χ1n) is 12.8. The van der Waals surface area contributed by atoms with E-state index in [4.69, 9.17) is 27.8 Å². The molecule has 0 saturated carbocycles. The van der Waals surface area contributed by atoms with Gasteiger partial charge in [-0.25, -0.2) is 19.9 Å². The van der Waals surface area contributed by atoms with Gasteiger partial charge in [0.05, 0.1) is 53.9 Å². The molecule has 202 valence electrons. The number of hydrogen-bond acceptors (Lipinski definition) is 10. The van der Waals surface area contributed by atoms with E-state index in [1.165, 1.54) is 22.7 Å². The Morgan fingerprint density at radius 3 is 2.67 bits per heavy atom. The van der Waals surface area contributed by atoms with Gasteiger partial charge in [0.1, 0.15) is 16.7 Å². The van der Waals surface area contributed by atoms with Crippen LogP contribution in [0.15, 0.2) is 63.9 Å². The minimum absolute atomic E-state index is 0.0595. The zero-order valence-electron chi connectivity index (χ0n) is 21.5. The zero-order chi connectivity index (χ0) is 27.1. The molecular weight excluding hydrogens is 536 g/mol. The number of piperidine rings is 1. The summed E-state index contributed by atoms with van der Waals surface area (Å²) >= 11 is 8.11. The van der Waals surface area contributed by atoms with E-state index in [9.17, 15) is 4.79 Å². The van der Waals surface area contributed by atoms with Crippen LogP contribution in [0.3, 0.4) is 0 Å². The summed E-state index contributed by atoms with van der Waals surface area (Å²) in [4.78, 5) is 34.1. The van der Waals surface area contributed by atoms with Gasteiger partial charge in [0.25, 0.3) is 5.56 Å². The number of nitrogens with two attached hydrogens (primary N) is 2. The van der Waals surface area contributed by atoms with Gasteiger partial charge < -0.3 is 21.1 Å². The van der Waals surface area contributed by atoms with Gasteiger partial charge in [0.15, 0.2) is 0 Å². The highest BCUT2D eigenvalue weighted by atomic mass is 35.5. The molecule has 0 amide bonds. The first kappa shape index (κ1) is 26.0. The molecule has 0 bridgehead atoms. The SMILES string of the molecule is C[C@@H]1OCC2(CCN(c3cnc(Sc4ccc5ncn(Cc6cccnc6N)c(=O)c5c4Cl)cn3)CC2)[C@@H]1N. The number of ether oxygens (including phenoxy) is 1. The fraction of sp³-hybridized carbons (Fsp3) is 0.370. The van der Waals surface area contributed by atoms with Crippen molar-refractivity contribution in [2.24, 2.45) is 11.1 Å². The number of nitrogen functional groups attached to an aromatic ring is 1. The molecule has 1 aromatic carbocycles. The van der Waals surface area contributed by atoms with Gasteiger partial charge in [0.2, 0.25) is 0 Å². The summed E-state index contributed by atoms with van der Waals surface area (Å²) in [5.74, 6) is 1.21. The van der Waals surface area contributed by atoms with Gasteiger partial charge >= 0.3 is 0 Å². The fourth-order valence-electron chi connectivity index (χ4n) is 5.44. The summed E-state index contributed by atoms with van der Waals surface area (Å²) in [5, 5.41) is 1.36. The second-order valence-corrected chi connectivity index (χ2v) is 11.6. The summed E-state index contributed by atoms with van der Waals surface area (Å²) in [6.45, 7) is 4.77. The molecule has 0 unspecified atom stereocenters. The molecular formula is C27H29ClN8O2S. The van der Waals surface area contributed by atoms with E-state index >= 15 is 0 Å². The number of halogens is 1. The Morgan fingerprint density at radius 1 is 1.15 bits per heavy atom. The van der Waals surface area contributed by atoms with Gasteiger partial charge in [-0.3, -0.25) is 9.36 Å². The van der Waals surface area contributed by atoms with Gasteiger partial charge in [-0.05, 0) is 38.0 Å². The van der Waals surface area contributed by atoms with Crippen LogP contribution in [0.5, 0.6) is 0 Å². The van der Waals surface area contributed by atoms with Crippen molar-refractivity contribution in [3.63, 3.8) is 0 Å². The lowest BCUT2D eigenvalue weighted by Gasteiger charge is -2.41. The van der Waals surface area contributed by atoms with Crippen LogP contribution in [0.25, 0.3) is 10.9 Å². The molecule has 5 heterocycles. The highest BCUT2D eigenvalue weighted by molar-refractivity contribution is 7.99. The first-order valence-corrected chi connectivity index (χ1v) is 14.0. The van der Waals surface area contributed by atoms with Crippen LogP contribution >= 0.6 is 23.4 Å². The van der Waals surface area contributed by atoms with Gasteiger partial charge in [0, 0.05) is 41.2 Å². The summed E-state index contributed by atoms with van der Waals surface area (Å²) in [6, 6.07) is 7.32. The van der Waals surface area contributed by atoms with Gasteiger partial charge in [-0.2, -0.15) is 0 Å². The Bertz CT molecular complexity index is 1570. The van der Waals surface area contributed by atoms with Crippen molar-refractivity contribution in [3.8, 4) is 0 Å². The molecule has 2 fully saturated rings. The number of rotatable bonds is 5. The Kier molecular flexibility index (Phi) is 6.92. The van der Waals surface area contributed by atoms with Crippen LogP contribution in [-0.2, 0) is 11.3 Å². The normalized spacial score (nSPS) is 20.6. The Balaban J connectivity index is 1.19. The maximum absolute atomic E-state index is 13.3. The number of pyridine rings is 1. The Hall–Kier alpha value is -3.25. The summed E-state index contributed by atoms with van der Waals surface area (Å²) < 4.78 is 7.32. The van der Waals surface area contributed by atoms with Gasteiger partial charge in [-0.1, -0.05) is 29.4 Å². The third-order valence-electron chi connectivity index (χ3n) is 7.92. The number of aromatic nitrogens is 5. The third-order valence-corrected chi connectivity index (χ3v) is 9.41. The molecule has 2 saturated heterocycles. The molecule has 2 aliphatic rings. The van der Waals surface area contributed by atoms with Gasteiger partial charge in [-0.15, -0.1) is 0 Å². The van der Waals surface area contributed by atoms with Crippen molar-refractivity contribution in [2.45, 2.75) is 48.4 Å². The topological polar surface area (TPSA) is 138 Å². The van der Waals surface area contributed by atoms with Crippen molar-refractivity contribution < 1.29 is 4.74 Å². The van der Waals surface area contributed by atoms with E-state index < -0.39 is 0 Å². The van der Waals surface area contributed by atoms with Crippen molar-refractivity contribution in [1.82, 2.24) is 24.5 Å². The Labute approximate surface area is 234 Å². The lowest BCUT2D eigenvalue weighted by molar-refractivity contribution is 0.0974. The molecule has 1 spiro atoms. The number of anilines is 2. The monoisotopic (exact) mass is 564 g/mol. The zero-order valence-corrected chi connectivity index (χ0v) is 23.0. The minimum atomic E-state index is -0.248. The van der Waals surface area contributed by atoms with Crippen LogP contribution in [0.2, 0.25) is 5.02 Å².